The molecule has 2 unspecified atom stereocenters. The molecule has 2 aromatic rings. The van der Waals surface area contributed by atoms with Crippen LogP contribution in [0.1, 0.15) is 47.2 Å². The number of ketones is 1. The van der Waals surface area contributed by atoms with E-state index in [0.29, 0.717) is 0 Å². The highest BCUT2D eigenvalue weighted by molar-refractivity contribution is 5.81. The Hall–Kier alpha value is -2.35. The number of Topliss-reactive ketones (excluding diaryl/α,β-unsaturated/α-hetero) is 1. The highest BCUT2D eigenvalue weighted by Gasteiger charge is 2.42. The van der Waals surface area contributed by atoms with Crippen molar-refractivity contribution in [3.8, 4) is 0 Å². The van der Waals surface area contributed by atoms with Crippen molar-refractivity contribution in [2.45, 2.75) is 37.3 Å². The summed E-state index contributed by atoms with van der Waals surface area (Å²) >= 11 is 0. The van der Waals surface area contributed by atoms with Gasteiger partial charge in [-0.15, -0.1) is 0 Å². The van der Waals surface area contributed by atoms with Gasteiger partial charge in [0.25, 0.3) is 0 Å². The first-order chi connectivity index (χ1) is 13.0. The van der Waals surface area contributed by atoms with Gasteiger partial charge in [0.05, 0.1) is 11.1 Å². The quantitative estimate of drug-likeness (QED) is 0.593. The Morgan fingerprint density at radius 3 is 1.46 bits per heavy atom. The predicted octanol–water partition coefficient (Wildman–Crippen LogP) is 5.80. The van der Waals surface area contributed by atoms with Crippen molar-refractivity contribution in [3.63, 3.8) is 0 Å². The number of rotatable bonds is 2. The molecule has 0 radical (unpaired) electrons. The fraction of sp³-hybridized carbons (Fsp3) is 0.350. The minimum absolute atomic E-state index is 0.111. The molecule has 2 aromatic carbocycles. The van der Waals surface area contributed by atoms with Crippen LogP contribution in [0.15, 0.2) is 48.5 Å². The zero-order chi connectivity index (χ0) is 20.7. The molecule has 8 heteroatoms. The summed E-state index contributed by atoms with van der Waals surface area (Å²) in [6.07, 6.45) is -9.63. The van der Waals surface area contributed by atoms with Crippen molar-refractivity contribution in [2.24, 2.45) is 0 Å². The summed E-state index contributed by atoms with van der Waals surface area (Å²) in [4.78, 5) is 13.7. The summed E-state index contributed by atoms with van der Waals surface area (Å²) in [5, 5.41) is 0. The van der Waals surface area contributed by atoms with Crippen molar-refractivity contribution >= 4 is 5.78 Å². The molecule has 0 aliphatic carbocycles. The summed E-state index contributed by atoms with van der Waals surface area (Å²) in [6.45, 7) is 0. The first kappa shape index (κ1) is 20.4. The minimum atomic E-state index is -4.63. The molecular weight excluding hydrogens is 384 g/mol. The zero-order valence-electron chi connectivity index (χ0n) is 14.8. The summed E-state index contributed by atoms with van der Waals surface area (Å²) < 4.78 is 80.5. The van der Waals surface area contributed by atoms with E-state index < -0.39 is 35.6 Å². The van der Waals surface area contributed by atoms with Crippen molar-refractivity contribution in [2.75, 3.05) is 7.05 Å². The van der Waals surface area contributed by atoms with E-state index in [0.717, 1.165) is 12.1 Å². The number of hydrogen-bond acceptors (Lipinski definition) is 2. The fourth-order valence-electron chi connectivity index (χ4n) is 3.77. The molecule has 1 heterocycles. The molecular formula is C20H17F6NO. The number of carbonyl (C=O) groups is 1. The van der Waals surface area contributed by atoms with E-state index in [9.17, 15) is 31.1 Å². The van der Waals surface area contributed by atoms with Crippen LogP contribution in [0, 0.1) is 0 Å². The van der Waals surface area contributed by atoms with E-state index >= 15 is 0 Å². The van der Waals surface area contributed by atoms with Gasteiger partial charge in [0.1, 0.15) is 5.78 Å². The van der Waals surface area contributed by atoms with Gasteiger partial charge in [0.2, 0.25) is 0 Å². The number of halogens is 6. The Balaban J connectivity index is 2.07. The minimum Gasteiger partial charge on any atom is -0.300 e. The molecule has 0 saturated carbocycles. The second-order valence-corrected chi connectivity index (χ2v) is 6.81. The zero-order valence-corrected chi connectivity index (χ0v) is 14.8. The second kappa shape index (κ2) is 7.24. The van der Waals surface area contributed by atoms with E-state index in [-0.39, 0.29) is 29.8 Å². The van der Waals surface area contributed by atoms with Crippen LogP contribution in [0.4, 0.5) is 26.3 Å². The lowest BCUT2D eigenvalue weighted by Crippen LogP contribution is -2.38. The number of carbonyl (C=O) groups excluding carboxylic acids is 1. The number of hydrogen-bond donors (Lipinski definition) is 0. The van der Waals surface area contributed by atoms with Crippen LogP contribution in [-0.4, -0.2) is 17.7 Å². The van der Waals surface area contributed by atoms with Gasteiger partial charge in [-0.05, 0) is 30.3 Å². The van der Waals surface area contributed by atoms with Gasteiger partial charge < -0.3 is 0 Å². The highest BCUT2D eigenvalue weighted by Crippen LogP contribution is 2.45. The lowest BCUT2D eigenvalue weighted by atomic mass is 9.84. The molecule has 1 fully saturated rings. The van der Waals surface area contributed by atoms with Crippen LogP contribution in [0.3, 0.4) is 0 Å². The summed E-state index contributed by atoms with van der Waals surface area (Å²) in [7, 11) is 1.46. The third-order valence-corrected chi connectivity index (χ3v) is 5.08. The normalized spacial score (nSPS) is 21.8. The summed E-state index contributed by atoms with van der Waals surface area (Å²) in [5.41, 5.74) is -1.99. The maximum absolute atomic E-state index is 13.4. The molecule has 3 rings (SSSR count). The molecule has 0 spiro atoms. The molecule has 0 aromatic heterocycles. The average molecular weight is 401 g/mol. The first-order valence-electron chi connectivity index (χ1n) is 8.56. The SMILES string of the molecule is CN1C(c2ccccc2C(F)(F)F)CC(=O)CC1c1ccccc1C(F)(F)F. The molecule has 2 nitrogen and oxygen atoms in total. The van der Waals surface area contributed by atoms with Gasteiger partial charge in [0.15, 0.2) is 0 Å². The summed E-state index contributed by atoms with van der Waals surface area (Å²) in [6, 6.07) is 7.79. The Morgan fingerprint density at radius 1 is 0.750 bits per heavy atom. The standard InChI is InChI=1S/C20H17F6NO/c1-27-17(13-6-2-4-8-15(13)19(21,22)23)10-12(28)11-18(27)14-7-3-5-9-16(14)20(24,25)26/h2-9,17-18H,10-11H2,1H3. The molecule has 1 aliphatic heterocycles. The molecule has 0 bridgehead atoms. The number of alkyl halides is 6. The van der Waals surface area contributed by atoms with Gasteiger partial charge in [-0.25, -0.2) is 0 Å². The van der Waals surface area contributed by atoms with Gasteiger partial charge >= 0.3 is 12.4 Å². The van der Waals surface area contributed by atoms with E-state index in [1.807, 2.05) is 0 Å². The van der Waals surface area contributed by atoms with Crippen molar-refractivity contribution in [1.82, 2.24) is 4.90 Å². The van der Waals surface area contributed by atoms with Crippen LogP contribution in [0.25, 0.3) is 0 Å². The topological polar surface area (TPSA) is 20.3 Å². The predicted molar refractivity (Wildman–Crippen MR) is 90.4 cm³/mol. The lowest BCUT2D eigenvalue weighted by Gasteiger charge is -2.41. The van der Waals surface area contributed by atoms with Crippen LogP contribution < -0.4 is 0 Å². The molecule has 28 heavy (non-hydrogen) atoms. The van der Waals surface area contributed by atoms with Crippen molar-refractivity contribution in [1.29, 1.82) is 0 Å². The third-order valence-electron chi connectivity index (χ3n) is 5.08. The largest absolute Gasteiger partial charge is 0.416 e. The smallest absolute Gasteiger partial charge is 0.300 e. The maximum atomic E-state index is 13.4. The van der Waals surface area contributed by atoms with E-state index in [4.69, 9.17) is 0 Å². The summed E-state index contributed by atoms with van der Waals surface area (Å²) in [5.74, 6) is -0.373. The van der Waals surface area contributed by atoms with Crippen LogP contribution in [0.5, 0.6) is 0 Å². The Morgan fingerprint density at radius 2 is 1.11 bits per heavy atom. The van der Waals surface area contributed by atoms with E-state index in [2.05, 4.69) is 0 Å². The van der Waals surface area contributed by atoms with Crippen molar-refractivity contribution < 1.29 is 31.1 Å². The Bertz CT molecular complexity index is 804. The number of nitrogens with zero attached hydrogens (tertiary/aromatic N) is 1. The average Bonchev–Trinajstić information content (AvgIpc) is 2.62. The van der Waals surface area contributed by atoms with E-state index in [1.54, 1.807) is 0 Å². The Kier molecular flexibility index (Phi) is 5.27. The van der Waals surface area contributed by atoms with Crippen LogP contribution >= 0.6 is 0 Å². The fourth-order valence-corrected chi connectivity index (χ4v) is 3.77. The number of piperidine rings is 1. The number of benzene rings is 2. The lowest BCUT2D eigenvalue weighted by molar-refractivity contribution is -0.140. The maximum Gasteiger partial charge on any atom is 0.416 e. The first-order valence-corrected chi connectivity index (χ1v) is 8.56. The second-order valence-electron chi connectivity index (χ2n) is 6.81. The molecule has 1 saturated heterocycles. The van der Waals surface area contributed by atoms with Gasteiger partial charge in [-0.2, -0.15) is 26.3 Å². The molecule has 0 amide bonds. The van der Waals surface area contributed by atoms with Gasteiger partial charge in [-0.1, -0.05) is 36.4 Å². The molecule has 1 aliphatic rings. The third kappa shape index (κ3) is 3.92. The van der Waals surface area contributed by atoms with Crippen molar-refractivity contribution in [3.05, 3.63) is 70.8 Å². The highest BCUT2D eigenvalue weighted by atomic mass is 19.4. The Labute approximate surface area is 157 Å². The molecule has 2 atom stereocenters. The number of likely N-dealkylation sites (tertiary alicyclic amines) is 1. The van der Waals surface area contributed by atoms with Crippen LogP contribution in [0.2, 0.25) is 0 Å². The molecule has 150 valence electrons. The van der Waals surface area contributed by atoms with E-state index in [1.165, 1.54) is 48.3 Å². The molecule has 0 N–H and O–H groups in total. The van der Waals surface area contributed by atoms with Gasteiger partial charge in [0, 0.05) is 24.9 Å². The monoisotopic (exact) mass is 401 g/mol. The van der Waals surface area contributed by atoms with Gasteiger partial charge in [-0.3, -0.25) is 9.69 Å². The van der Waals surface area contributed by atoms with Crippen LogP contribution in [-0.2, 0) is 17.1 Å².